The smallest absolute Gasteiger partial charge is 0.265 e. The van der Waals surface area contributed by atoms with Crippen molar-refractivity contribution >= 4 is 11.7 Å². The van der Waals surface area contributed by atoms with Crippen LogP contribution in [0.25, 0.3) is 0 Å². The average Bonchev–Trinajstić information content (AvgIpc) is 2.72. The number of carbonyl (C=O) groups is 1. The van der Waals surface area contributed by atoms with Gasteiger partial charge in [-0.15, -0.1) is 0 Å². The summed E-state index contributed by atoms with van der Waals surface area (Å²) < 4.78 is 17.2. The van der Waals surface area contributed by atoms with Gasteiger partial charge in [0.15, 0.2) is 11.5 Å². The first kappa shape index (κ1) is 18.6. The summed E-state index contributed by atoms with van der Waals surface area (Å²) in [5, 5.41) is 2.92. The van der Waals surface area contributed by atoms with Crippen molar-refractivity contribution in [3.8, 4) is 11.5 Å². The van der Waals surface area contributed by atoms with Crippen molar-refractivity contribution in [2.45, 2.75) is 38.7 Å². The summed E-state index contributed by atoms with van der Waals surface area (Å²) in [6, 6.07) is 11.3. The Hall–Kier alpha value is -2.80. The molecular weight excluding hydrogens is 358 g/mol. The van der Waals surface area contributed by atoms with Gasteiger partial charge in [0.05, 0.1) is 12.7 Å². The molecule has 2 aliphatic heterocycles. The molecule has 4 rings (SSSR count). The molecule has 3 heterocycles. The Balaban J connectivity index is 1.33. The number of rotatable bonds is 4. The molecule has 0 unspecified atom stereocenters. The monoisotopic (exact) mass is 383 g/mol. The molecule has 1 saturated heterocycles. The van der Waals surface area contributed by atoms with Crippen LogP contribution in [-0.4, -0.2) is 48.9 Å². The van der Waals surface area contributed by atoms with Crippen LogP contribution >= 0.6 is 0 Å². The molecule has 2 aromatic rings. The number of pyridine rings is 1. The van der Waals surface area contributed by atoms with Crippen LogP contribution in [-0.2, 0) is 16.1 Å². The van der Waals surface area contributed by atoms with Gasteiger partial charge in [-0.2, -0.15) is 0 Å². The minimum atomic E-state index is -0.683. The largest absolute Gasteiger partial charge is 0.482 e. The second kappa shape index (κ2) is 8.06. The molecule has 1 amide bonds. The van der Waals surface area contributed by atoms with Gasteiger partial charge in [0.1, 0.15) is 11.9 Å². The van der Waals surface area contributed by atoms with Gasteiger partial charge >= 0.3 is 0 Å². The number of benzene rings is 1. The highest BCUT2D eigenvalue weighted by Crippen LogP contribution is 2.33. The van der Waals surface area contributed by atoms with Crippen LogP contribution in [0.4, 0.5) is 5.82 Å². The summed E-state index contributed by atoms with van der Waals surface area (Å²) in [6.45, 7) is 6.67. The van der Waals surface area contributed by atoms with Crippen molar-refractivity contribution < 1.29 is 19.0 Å². The molecule has 0 radical (unpaired) electrons. The van der Waals surface area contributed by atoms with Crippen molar-refractivity contribution in [2.75, 3.05) is 24.6 Å². The fourth-order valence-corrected chi connectivity index (χ4v) is 3.43. The number of aromatic nitrogens is 1. The second-order valence-electron chi connectivity index (χ2n) is 7.18. The Bertz CT molecular complexity index is 827. The first-order chi connectivity index (χ1) is 13.6. The summed E-state index contributed by atoms with van der Waals surface area (Å²) in [5.74, 6) is 1.98. The highest BCUT2D eigenvalue weighted by atomic mass is 16.6. The number of morpholine rings is 1. The van der Waals surface area contributed by atoms with E-state index < -0.39 is 6.10 Å². The molecule has 3 atom stereocenters. The second-order valence-corrected chi connectivity index (χ2v) is 7.18. The van der Waals surface area contributed by atoms with Gasteiger partial charge in [-0.1, -0.05) is 18.2 Å². The number of nitrogens with one attached hydrogen (secondary N) is 1. The Morgan fingerprint density at radius 2 is 1.96 bits per heavy atom. The zero-order valence-corrected chi connectivity index (χ0v) is 16.1. The van der Waals surface area contributed by atoms with E-state index in [0.29, 0.717) is 24.7 Å². The number of fused-ring (bicyclic) bond motifs is 1. The van der Waals surface area contributed by atoms with Crippen LogP contribution in [0.3, 0.4) is 0 Å². The zero-order chi connectivity index (χ0) is 19.5. The van der Waals surface area contributed by atoms with Crippen LogP contribution in [0.5, 0.6) is 11.5 Å². The molecule has 0 bridgehead atoms. The van der Waals surface area contributed by atoms with Gasteiger partial charge in [0.25, 0.3) is 5.91 Å². The number of para-hydroxylation sites is 2. The fourth-order valence-electron chi connectivity index (χ4n) is 3.43. The van der Waals surface area contributed by atoms with E-state index in [2.05, 4.69) is 22.1 Å². The summed E-state index contributed by atoms with van der Waals surface area (Å²) in [7, 11) is 0. The summed E-state index contributed by atoms with van der Waals surface area (Å²) in [5.41, 5.74) is 0.934. The molecular formula is C21H25N3O4. The molecule has 1 fully saturated rings. The Kier molecular flexibility index (Phi) is 5.34. The van der Waals surface area contributed by atoms with Crippen molar-refractivity contribution in [1.82, 2.24) is 10.3 Å². The normalized spacial score (nSPS) is 23.9. The Labute approximate surface area is 164 Å². The van der Waals surface area contributed by atoms with E-state index in [1.807, 2.05) is 37.3 Å². The standard InChI is InChI=1S/C21H25N3O4/c1-14-13-24(9-10-26-14)19-8-7-16(11-22-19)12-23-21(25)20-15(2)27-17-5-3-4-6-18(17)28-20/h3-8,11,14-15,20H,9-10,12-13H2,1-2H3,(H,23,25)/t14-,15-,20-/m1/s1. The molecule has 0 saturated carbocycles. The predicted molar refractivity (Wildman–Crippen MR) is 105 cm³/mol. The van der Waals surface area contributed by atoms with E-state index >= 15 is 0 Å². The van der Waals surface area contributed by atoms with E-state index in [0.717, 1.165) is 24.5 Å². The SMILES string of the molecule is C[C@@H]1CN(c2ccc(CNC(=O)[C@@H]3Oc4ccccc4O[C@@H]3C)cn2)CCO1. The van der Waals surface area contributed by atoms with Crippen molar-refractivity contribution in [3.63, 3.8) is 0 Å². The summed E-state index contributed by atoms with van der Waals surface area (Å²) in [4.78, 5) is 19.3. The molecule has 148 valence electrons. The van der Waals surface area contributed by atoms with Gasteiger partial charge in [-0.3, -0.25) is 4.79 Å². The zero-order valence-electron chi connectivity index (χ0n) is 16.1. The quantitative estimate of drug-likeness (QED) is 0.872. The Morgan fingerprint density at radius 3 is 2.68 bits per heavy atom. The van der Waals surface area contributed by atoms with Gasteiger partial charge in [0, 0.05) is 25.8 Å². The lowest BCUT2D eigenvalue weighted by atomic mass is 10.1. The maximum atomic E-state index is 12.6. The van der Waals surface area contributed by atoms with Crippen LogP contribution in [0.15, 0.2) is 42.6 Å². The molecule has 0 spiro atoms. The molecule has 1 aromatic carbocycles. The van der Waals surface area contributed by atoms with E-state index in [1.54, 1.807) is 12.3 Å². The molecule has 0 aliphatic carbocycles. The lowest BCUT2D eigenvalue weighted by Crippen LogP contribution is -2.48. The van der Waals surface area contributed by atoms with E-state index in [9.17, 15) is 4.79 Å². The molecule has 7 heteroatoms. The fraction of sp³-hybridized carbons (Fsp3) is 0.429. The van der Waals surface area contributed by atoms with Crippen LogP contribution in [0, 0.1) is 0 Å². The highest BCUT2D eigenvalue weighted by molar-refractivity contribution is 5.82. The van der Waals surface area contributed by atoms with Crippen molar-refractivity contribution in [2.24, 2.45) is 0 Å². The van der Waals surface area contributed by atoms with Crippen molar-refractivity contribution in [1.29, 1.82) is 0 Å². The topological polar surface area (TPSA) is 72.9 Å². The van der Waals surface area contributed by atoms with Crippen LogP contribution < -0.4 is 19.7 Å². The minimum absolute atomic E-state index is 0.201. The molecule has 1 N–H and O–H groups in total. The average molecular weight is 383 g/mol. The number of nitrogens with zero attached hydrogens (tertiary/aromatic N) is 2. The number of hydrogen-bond acceptors (Lipinski definition) is 6. The maximum absolute atomic E-state index is 12.6. The number of carbonyl (C=O) groups excluding carboxylic acids is 1. The Morgan fingerprint density at radius 1 is 1.18 bits per heavy atom. The highest BCUT2D eigenvalue weighted by Gasteiger charge is 2.33. The number of ether oxygens (including phenoxy) is 3. The summed E-state index contributed by atoms with van der Waals surface area (Å²) >= 11 is 0. The first-order valence-electron chi connectivity index (χ1n) is 9.61. The van der Waals surface area contributed by atoms with Crippen LogP contribution in [0.2, 0.25) is 0 Å². The van der Waals surface area contributed by atoms with Gasteiger partial charge in [0.2, 0.25) is 6.10 Å². The molecule has 7 nitrogen and oxygen atoms in total. The van der Waals surface area contributed by atoms with E-state index in [4.69, 9.17) is 14.2 Å². The minimum Gasteiger partial charge on any atom is -0.482 e. The van der Waals surface area contributed by atoms with E-state index in [-0.39, 0.29) is 18.1 Å². The molecule has 2 aliphatic rings. The van der Waals surface area contributed by atoms with Gasteiger partial charge < -0.3 is 24.4 Å². The third-order valence-electron chi connectivity index (χ3n) is 4.94. The number of hydrogen-bond donors (Lipinski definition) is 1. The van der Waals surface area contributed by atoms with Crippen LogP contribution in [0.1, 0.15) is 19.4 Å². The summed E-state index contributed by atoms with van der Waals surface area (Å²) in [6.07, 6.45) is 0.960. The predicted octanol–water partition coefficient (Wildman–Crippen LogP) is 2.15. The number of amides is 1. The lowest BCUT2D eigenvalue weighted by Gasteiger charge is -2.32. The van der Waals surface area contributed by atoms with Gasteiger partial charge in [-0.25, -0.2) is 4.98 Å². The molecule has 1 aromatic heterocycles. The first-order valence-corrected chi connectivity index (χ1v) is 9.61. The molecule has 28 heavy (non-hydrogen) atoms. The number of anilines is 1. The van der Waals surface area contributed by atoms with Gasteiger partial charge in [-0.05, 0) is 37.6 Å². The lowest BCUT2D eigenvalue weighted by molar-refractivity contribution is -0.133. The third-order valence-corrected chi connectivity index (χ3v) is 4.94. The third kappa shape index (κ3) is 4.04. The van der Waals surface area contributed by atoms with E-state index in [1.165, 1.54) is 0 Å². The van der Waals surface area contributed by atoms with Crippen molar-refractivity contribution in [3.05, 3.63) is 48.2 Å². The maximum Gasteiger partial charge on any atom is 0.265 e.